The molecule has 1 aliphatic carbocycles. The summed E-state index contributed by atoms with van der Waals surface area (Å²) in [5.74, 6) is -0.0575. The fourth-order valence-electron chi connectivity index (χ4n) is 2.91. The number of carbonyl (C=O) groups is 2. The summed E-state index contributed by atoms with van der Waals surface area (Å²) in [5.41, 5.74) is 0.355. The zero-order valence-corrected chi connectivity index (χ0v) is 12.1. The second kappa shape index (κ2) is 4.63. The number of hydrogen-bond donors (Lipinski definition) is 1. The number of imide groups is 1. The van der Waals surface area contributed by atoms with Gasteiger partial charge in [0.2, 0.25) is 0 Å². The lowest BCUT2D eigenvalue weighted by Crippen LogP contribution is -2.44. The molecule has 0 bridgehead atoms. The van der Waals surface area contributed by atoms with E-state index in [-0.39, 0.29) is 11.9 Å². The van der Waals surface area contributed by atoms with Crippen LogP contribution in [-0.4, -0.2) is 22.4 Å². The van der Waals surface area contributed by atoms with Crippen molar-refractivity contribution < 1.29 is 9.59 Å². The molecule has 0 atom stereocenters. The molecule has 100 valence electrons. The van der Waals surface area contributed by atoms with Crippen molar-refractivity contribution in [1.29, 1.82) is 0 Å². The van der Waals surface area contributed by atoms with Gasteiger partial charge in [-0.2, -0.15) is 0 Å². The van der Waals surface area contributed by atoms with Crippen LogP contribution in [0.25, 0.3) is 0 Å². The highest BCUT2D eigenvalue weighted by Crippen LogP contribution is 2.35. The standard InChI is InChI=1S/C14H15BrN2O2/c15-11-5-3-10(4-6-11)9-17-12(18)14(16-13(17)19)7-1-2-8-14/h3-6H,1-2,7-9H2,(H,16,19). The molecule has 1 aromatic carbocycles. The van der Waals surface area contributed by atoms with Gasteiger partial charge < -0.3 is 5.32 Å². The number of nitrogens with one attached hydrogen (secondary N) is 1. The van der Waals surface area contributed by atoms with Gasteiger partial charge in [-0.15, -0.1) is 0 Å². The number of amides is 3. The van der Waals surface area contributed by atoms with Crippen LogP contribution in [0, 0.1) is 0 Å². The Morgan fingerprint density at radius 3 is 2.42 bits per heavy atom. The first kappa shape index (κ1) is 12.7. The van der Waals surface area contributed by atoms with E-state index in [1.54, 1.807) is 0 Å². The molecule has 3 amide bonds. The van der Waals surface area contributed by atoms with Crippen LogP contribution >= 0.6 is 15.9 Å². The fraction of sp³-hybridized carbons (Fsp3) is 0.429. The first-order valence-electron chi connectivity index (χ1n) is 6.49. The predicted molar refractivity (Wildman–Crippen MR) is 74.4 cm³/mol. The number of urea groups is 1. The van der Waals surface area contributed by atoms with Gasteiger partial charge in [0, 0.05) is 4.47 Å². The van der Waals surface area contributed by atoms with Crippen molar-refractivity contribution in [2.75, 3.05) is 0 Å². The summed E-state index contributed by atoms with van der Waals surface area (Å²) in [6.45, 7) is 0.347. The largest absolute Gasteiger partial charge is 0.325 e. The number of rotatable bonds is 2. The molecule has 1 aromatic rings. The molecule has 3 rings (SSSR count). The number of hydrogen-bond acceptors (Lipinski definition) is 2. The average Bonchev–Trinajstić information content (AvgIpc) is 2.94. The highest BCUT2D eigenvalue weighted by atomic mass is 79.9. The molecule has 5 heteroatoms. The van der Waals surface area contributed by atoms with Crippen molar-refractivity contribution in [3.63, 3.8) is 0 Å². The van der Waals surface area contributed by atoms with Crippen LogP contribution in [0.3, 0.4) is 0 Å². The van der Waals surface area contributed by atoms with Gasteiger partial charge in [-0.3, -0.25) is 9.69 Å². The number of halogens is 1. The molecule has 0 radical (unpaired) electrons. The summed E-state index contributed by atoms with van der Waals surface area (Å²) in [7, 11) is 0. The van der Waals surface area contributed by atoms with E-state index in [0.29, 0.717) is 6.54 Å². The van der Waals surface area contributed by atoms with E-state index in [1.165, 1.54) is 4.90 Å². The van der Waals surface area contributed by atoms with E-state index in [4.69, 9.17) is 0 Å². The van der Waals surface area contributed by atoms with Crippen LogP contribution in [0.1, 0.15) is 31.2 Å². The minimum atomic E-state index is -0.605. The molecule has 1 saturated heterocycles. The molecular formula is C14H15BrN2O2. The molecule has 2 aliphatic rings. The third kappa shape index (κ3) is 2.16. The van der Waals surface area contributed by atoms with Crippen LogP contribution < -0.4 is 5.32 Å². The predicted octanol–water partition coefficient (Wildman–Crippen LogP) is 2.81. The van der Waals surface area contributed by atoms with Gasteiger partial charge in [-0.1, -0.05) is 40.9 Å². The van der Waals surface area contributed by atoms with Gasteiger partial charge >= 0.3 is 6.03 Å². The Labute approximate surface area is 120 Å². The van der Waals surface area contributed by atoms with Gasteiger partial charge in [0.25, 0.3) is 5.91 Å². The maximum atomic E-state index is 12.4. The maximum absolute atomic E-state index is 12.4. The number of benzene rings is 1. The Kier molecular flexibility index (Phi) is 3.09. The van der Waals surface area contributed by atoms with Crippen molar-refractivity contribution in [3.8, 4) is 0 Å². The first-order chi connectivity index (χ1) is 9.11. The molecule has 1 spiro atoms. The highest BCUT2D eigenvalue weighted by molar-refractivity contribution is 9.10. The Hall–Kier alpha value is -1.36. The smallest absolute Gasteiger partial charge is 0.323 e. The second-order valence-corrected chi connectivity index (χ2v) is 6.15. The molecule has 1 N–H and O–H groups in total. The molecule has 4 nitrogen and oxygen atoms in total. The summed E-state index contributed by atoms with van der Waals surface area (Å²) < 4.78 is 0.987. The Morgan fingerprint density at radius 1 is 1.16 bits per heavy atom. The quantitative estimate of drug-likeness (QED) is 0.851. The molecular weight excluding hydrogens is 308 g/mol. The summed E-state index contributed by atoms with van der Waals surface area (Å²) in [6, 6.07) is 7.42. The fourth-order valence-corrected chi connectivity index (χ4v) is 3.17. The zero-order valence-electron chi connectivity index (χ0n) is 10.5. The minimum Gasteiger partial charge on any atom is -0.323 e. The molecule has 0 unspecified atom stereocenters. The Bertz CT molecular complexity index is 521. The van der Waals surface area contributed by atoms with Crippen molar-refractivity contribution in [2.45, 2.75) is 37.8 Å². The summed E-state index contributed by atoms with van der Waals surface area (Å²) >= 11 is 3.37. The van der Waals surface area contributed by atoms with E-state index in [1.807, 2.05) is 24.3 Å². The number of carbonyl (C=O) groups excluding carboxylic acids is 2. The molecule has 1 saturated carbocycles. The van der Waals surface area contributed by atoms with Crippen LogP contribution in [0.15, 0.2) is 28.7 Å². The number of nitrogens with zero attached hydrogens (tertiary/aromatic N) is 1. The van der Waals surface area contributed by atoms with Crippen LogP contribution in [0.2, 0.25) is 0 Å². The van der Waals surface area contributed by atoms with Crippen LogP contribution in [0.5, 0.6) is 0 Å². The Balaban J connectivity index is 1.79. The summed E-state index contributed by atoms with van der Waals surface area (Å²) in [6.07, 6.45) is 3.57. The lowest BCUT2D eigenvalue weighted by atomic mass is 9.98. The van der Waals surface area contributed by atoms with E-state index >= 15 is 0 Å². The Morgan fingerprint density at radius 2 is 1.79 bits per heavy atom. The van der Waals surface area contributed by atoms with Crippen molar-refractivity contribution in [2.24, 2.45) is 0 Å². The third-order valence-electron chi connectivity index (χ3n) is 3.96. The first-order valence-corrected chi connectivity index (χ1v) is 7.29. The third-order valence-corrected chi connectivity index (χ3v) is 4.49. The summed E-state index contributed by atoms with van der Waals surface area (Å²) in [4.78, 5) is 25.8. The molecule has 2 fully saturated rings. The van der Waals surface area contributed by atoms with Gasteiger partial charge in [-0.05, 0) is 30.5 Å². The SMILES string of the molecule is O=C1NC2(CCCC2)C(=O)N1Cc1ccc(Br)cc1. The van der Waals surface area contributed by atoms with Crippen LogP contribution in [0.4, 0.5) is 4.79 Å². The molecule has 1 aliphatic heterocycles. The van der Waals surface area contributed by atoms with Gasteiger partial charge in [-0.25, -0.2) is 4.79 Å². The van der Waals surface area contributed by atoms with Gasteiger partial charge in [0.15, 0.2) is 0 Å². The van der Waals surface area contributed by atoms with Crippen LogP contribution in [-0.2, 0) is 11.3 Å². The minimum absolute atomic E-state index is 0.0575. The van der Waals surface area contributed by atoms with Crippen molar-refractivity contribution in [1.82, 2.24) is 10.2 Å². The van der Waals surface area contributed by atoms with E-state index in [0.717, 1.165) is 35.7 Å². The van der Waals surface area contributed by atoms with Gasteiger partial charge in [0.05, 0.1) is 6.54 Å². The highest BCUT2D eigenvalue weighted by Gasteiger charge is 2.52. The molecule has 0 aromatic heterocycles. The monoisotopic (exact) mass is 322 g/mol. The lowest BCUT2D eigenvalue weighted by molar-refractivity contribution is -0.131. The van der Waals surface area contributed by atoms with E-state index < -0.39 is 5.54 Å². The summed E-state index contributed by atoms with van der Waals surface area (Å²) in [5, 5.41) is 2.89. The lowest BCUT2D eigenvalue weighted by Gasteiger charge is -2.20. The van der Waals surface area contributed by atoms with Crippen molar-refractivity contribution in [3.05, 3.63) is 34.3 Å². The average molecular weight is 323 g/mol. The normalized spacial score (nSPS) is 21.2. The molecule has 1 heterocycles. The van der Waals surface area contributed by atoms with Gasteiger partial charge in [0.1, 0.15) is 5.54 Å². The molecule has 19 heavy (non-hydrogen) atoms. The zero-order chi connectivity index (χ0) is 13.5. The topological polar surface area (TPSA) is 49.4 Å². The van der Waals surface area contributed by atoms with Crippen molar-refractivity contribution >= 4 is 27.9 Å². The van der Waals surface area contributed by atoms with E-state index in [9.17, 15) is 9.59 Å². The maximum Gasteiger partial charge on any atom is 0.325 e. The second-order valence-electron chi connectivity index (χ2n) is 5.24. The van der Waals surface area contributed by atoms with E-state index in [2.05, 4.69) is 21.2 Å².